The number of alkyl halides is 3. The Morgan fingerprint density at radius 3 is 2.68 bits per heavy atom. The molecular weight excluding hydrogens is 255 g/mol. The van der Waals surface area contributed by atoms with E-state index in [4.69, 9.17) is 0 Å². The number of hydrogen-bond donors (Lipinski definition) is 1. The van der Waals surface area contributed by atoms with E-state index in [9.17, 15) is 13.2 Å². The van der Waals surface area contributed by atoms with Crippen LogP contribution in [0.3, 0.4) is 0 Å². The highest BCUT2D eigenvalue weighted by molar-refractivity contribution is 5.41. The number of piperidine rings is 1. The van der Waals surface area contributed by atoms with Crippen molar-refractivity contribution in [1.82, 2.24) is 10.3 Å². The summed E-state index contributed by atoms with van der Waals surface area (Å²) in [5.41, 5.74) is -0.565. The maximum absolute atomic E-state index is 12.7. The monoisotopic (exact) mass is 271 g/mol. The molecule has 19 heavy (non-hydrogen) atoms. The van der Waals surface area contributed by atoms with Crippen molar-refractivity contribution < 1.29 is 13.2 Å². The van der Waals surface area contributed by atoms with Gasteiger partial charge in [-0.2, -0.15) is 13.2 Å². The molecule has 2 saturated heterocycles. The molecule has 2 fully saturated rings. The van der Waals surface area contributed by atoms with Crippen LogP contribution in [0.5, 0.6) is 0 Å². The summed E-state index contributed by atoms with van der Waals surface area (Å²) in [6, 6.07) is 4.12. The van der Waals surface area contributed by atoms with Crippen molar-refractivity contribution in [3.05, 3.63) is 23.9 Å². The van der Waals surface area contributed by atoms with Crippen LogP contribution in [0, 0.1) is 5.41 Å². The normalized spacial score (nSPS) is 22.4. The van der Waals surface area contributed by atoms with Crippen molar-refractivity contribution in [1.29, 1.82) is 0 Å². The number of nitrogens with one attached hydrogen (secondary N) is 1. The van der Waals surface area contributed by atoms with Crippen molar-refractivity contribution >= 4 is 5.82 Å². The second-order valence-corrected chi connectivity index (χ2v) is 5.51. The first-order valence-electron chi connectivity index (χ1n) is 6.49. The fourth-order valence-corrected chi connectivity index (χ4v) is 2.93. The third kappa shape index (κ3) is 2.41. The highest BCUT2D eigenvalue weighted by atomic mass is 19.4. The van der Waals surface area contributed by atoms with Crippen LogP contribution in [-0.2, 0) is 6.18 Å². The Morgan fingerprint density at radius 2 is 2.05 bits per heavy atom. The molecule has 1 N–H and O–H groups in total. The van der Waals surface area contributed by atoms with Crippen molar-refractivity contribution in [2.24, 2.45) is 5.41 Å². The molecule has 1 spiro atoms. The molecule has 1 aromatic rings. The molecule has 6 heteroatoms. The molecule has 0 bridgehead atoms. The van der Waals surface area contributed by atoms with Crippen molar-refractivity contribution in [2.45, 2.75) is 19.0 Å². The summed E-state index contributed by atoms with van der Waals surface area (Å²) in [6.45, 7) is 3.51. The molecule has 3 nitrogen and oxygen atoms in total. The van der Waals surface area contributed by atoms with Gasteiger partial charge in [0.15, 0.2) is 0 Å². The van der Waals surface area contributed by atoms with Gasteiger partial charge in [-0.3, -0.25) is 0 Å². The third-order valence-corrected chi connectivity index (χ3v) is 4.01. The lowest BCUT2D eigenvalue weighted by molar-refractivity contribution is -0.141. The number of pyridine rings is 1. The molecule has 0 aliphatic carbocycles. The van der Waals surface area contributed by atoms with Gasteiger partial charge in [0.1, 0.15) is 11.5 Å². The van der Waals surface area contributed by atoms with E-state index in [1.807, 2.05) is 4.90 Å². The number of hydrogen-bond acceptors (Lipinski definition) is 3. The summed E-state index contributed by atoms with van der Waals surface area (Å²) in [5, 5.41) is 3.25. The van der Waals surface area contributed by atoms with Gasteiger partial charge >= 0.3 is 6.18 Å². The molecule has 0 unspecified atom stereocenters. The summed E-state index contributed by atoms with van der Waals surface area (Å²) in [4.78, 5) is 5.76. The minimum absolute atomic E-state index is 0.244. The van der Waals surface area contributed by atoms with Crippen LogP contribution in [0.15, 0.2) is 18.2 Å². The first-order valence-corrected chi connectivity index (χ1v) is 6.49. The standard InChI is InChI=1S/C13H16F3N3/c14-13(15,16)10-3-1-4-11(18-10)19-6-2-5-12(9-19)7-17-8-12/h1,3-4,17H,2,5-9H2. The largest absolute Gasteiger partial charge is 0.433 e. The number of rotatable bonds is 1. The van der Waals surface area contributed by atoms with Crippen molar-refractivity contribution in [3.63, 3.8) is 0 Å². The van der Waals surface area contributed by atoms with Gasteiger partial charge in [-0.05, 0) is 25.0 Å². The lowest BCUT2D eigenvalue weighted by atomic mass is 9.75. The van der Waals surface area contributed by atoms with Crippen LogP contribution in [0.4, 0.5) is 19.0 Å². The van der Waals surface area contributed by atoms with E-state index in [1.54, 1.807) is 6.07 Å². The van der Waals surface area contributed by atoms with Gasteiger partial charge in [0.25, 0.3) is 0 Å². The summed E-state index contributed by atoms with van der Waals surface area (Å²) in [6.07, 6.45) is -2.21. The number of nitrogens with zero attached hydrogens (tertiary/aromatic N) is 2. The Morgan fingerprint density at radius 1 is 1.26 bits per heavy atom. The van der Waals surface area contributed by atoms with Crippen LogP contribution in [-0.4, -0.2) is 31.2 Å². The summed E-state index contributed by atoms with van der Waals surface area (Å²) >= 11 is 0. The van der Waals surface area contributed by atoms with Crippen LogP contribution >= 0.6 is 0 Å². The predicted molar refractivity (Wildman–Crippen MR) is 66.0 cm³/mol. The third-order valence-electron chi connectivity index (χ3n) is 4.01. The Balaban J connectivity index is 1.82. The van der Waals surface area contributed by atoms with Gasteiger partial charge in [0.2, 0.25) is 0 Å². The summed E-state index contributed by atoms with van der Waals surface area (Å²) in [7, 11) is 0. The van der Waals surface area contributed by atoms with Gasteiger partial charge in [-0.15, -0.1) is 0 Å². The molecule has 0 radical (unpaired) electrons. The molecule has 104 valence electrons. The van der Waals surface area contributed by atoms with Crippen LogP contribution < -0.4 is 10.2 Å². The Bertz CT molecular complexity index is 468. The van der Waals surface area contributed by atoms with Crippen LogP contribution in [0.1, 0.15) is 18.5 Å². The fourth-order valence-electron chi connectivity index (χ4n) is 2.93. The summed E-state index contributed by atoms with van der Waals surface area (Å²) < 4.78 is 38.0. The average Bonchev–Trinajstić information content (AvgIpc) is 2.36. The van der Waals surface area contributed by atoms with E-state index in [2.05, 4.69) is 10.3 Å². The number of anilines is 1. The second-order valence-electron chi connectivity index (χ2n) is 5.51. The minimum Gasteiger partial charge on any atom is -0.356 e. The maximum Gasteiger partial charge on any atom is 0.433 e. The second kappa shape index (κ2) is 4.37. The topological polar surface area (TPSA) is 28.2 Å². The van der Waals surface area contributed by atoms with E-state index in [-0.39, 0.29) is 5.41 Å². The van der Waals surface area contributed by atoms with Crippen molar-refractivity contribution in [2.75, 3.05) is 31.1 Å². The first-order chi connectivity index (χ1) is 8.99. The van der Waals surface area contributed by atoms with Gasteiger partial charge in [-0.25, -0.2) is 4.98 Å². The molecule has 3 heterocycles. The molecule has 3 rings (SSSR count). The van der Waals surface area contributed by atoms with E-state index < -0.39 is 11.9 Å². The molecule has 2 aliphatic rings. The lowest BCUT2D eigenvalue weighted by Gasteiger charge is -2.49. The molecular formula is C13H16F3N3. The van der Waals surface area contributed by atoms with E-state index in [0.717, 1.165) is 45.1 Å². The molecule has 2 aliphatic heterocycles. The molecule has 0 saturated carbocycles. The van der Waals surface area contributed by atoms with Gasteiger partial charge in [0.05, 0.1) is 0 Å². The zero-order valence-electron chi connectivity index (χ0n) is 10.5. The van der Waals surface area contributed by atoms with Crippen LogP contribution in [0.2, 0.25) is 0 Å². The molecule has 0 amide bonds. The lowest BCUT2D eigenvalue weighted by Crippen LogP contribution is -2.61. The predicted octanol–water partition coefficient (Wildman–Crippen LogP) is 2.29. The van der Waals surface area contributed by atoms with E-state index in [0.29, 0.717) is 5.82 Å². The smallest absolute Gasteiger partial charge is 0.356 e. The first kappa shape index (κ1) is 12.7. The highest BCUT2D eigenvalue weighted by Gasteiger charge is 2.41. The Labute approximate surface area is 109 Å². The van der Waals surface area contributed by atoms with Crippen LogP contribution in [0.25, 0.3) is 0 Å². The fraction of sp³-hybridized carbons (Fsp3) is 0.615. The van der Waals surface area contributed by atoms with E-state index >= 15 is 0 Å². The number of aromatic nitrogens is 1. The Kier molecular flexibility index (Phi) is 2.92. The zero-order valence-corrected chi connectivity index (χ0v) is 10.5. The molecule has 1 aromatic heterocycles. The summed E-state index contributed by atoms with van der Waals surface area (Å²) in [5.74, 6) is 0.445. The molecule has 0 atom stereocenters. The van der Waals surface area contributed by atoms with Gasteiger partial charge < -0.3 is 10.2 Å². The minimum atomic E-state index is -4.37. The maximum atomic E-state index is 12.7. The number of halogens is 3. The molecule has 0 aromatic carbocycles. The SMILES string of the molecule is FC(F)(F)c1cccc(N2CCCC3(CNC3)C2)n1. The highest BCUT2D eigenvalue weighted by Crippen LogP contribution is 2.36. The van der Waals surface area contributed by atoms with Crippen molar-refractivity contribution in [3.8, 4) is 0 Å². The van der Waals surface area contributed by atoms with E-state index in [1.165, 1.54) is 6.07 Å². The average molecular weight is 271 g/mol. The Hall–Kier alpha value is -1.30. The van der Waals surface area contributed by atoms with Gasteiger partial charge in [0, 0.05) is 31.6 Å². The van der Waals surface area contributed by atoms with Gasteiger partial charge in [-0.1, -0.05) is 6.07 Å². The zero-order chi connectivity index (χ0) is 13.5. The quantitative estimate of drug-likeness (QED) is 0.849.